The summed E-state index contributed by atoms with van der Waals surface area (Å²) in [5, 5.41) is 18.6. The minimum atomic E-state index is -1.26. The third kappa shape index (κ3) is 6.60. The second kappa shape index (κ2) is 11.2. The molecule has 1 aromatic heterocycles. The highest BCUT2D eigenvalue weighted by molar-refractivity contribution is 5.94. The Balaban J connectivity index is 0.000000331. The molecule has 10 heteroatoms. The van der Waals surface area contributed by atoms with Gasteiger partial charge in [-0.05, 0) is 62.1 Å². The van der Waals surface area contributed by atoms with Gasteiger partial charge in [0.15, 0.2) is 5.76 Å². The Morgan fingerprint density at radius 3 is 2.06 bits per heavy atom. The smallest absolute Gasteiger partial charge is 0.328 e. The number of aliphatic carboxylic acids is 2. The molecule has 3 N–H and O–H groups in total. The lowest BCUT2D eigenvalue weighted by atomic mass is 10.1. The van der Waals surface area contributed by atoms with Gasteiger partial charge >= 0.3 is 11.9 Å². The second-order valence-corrected chi connectivity index (χ2v) is 9.09. The van der Waals surface area contributed by atoms with Crippen molar-refractivity contribution in [2.75, 3.05) is 31.5 Å². The van der Waals surface area contributed by atoms with Crippen molar-refractivity contribution >= 4 is 29.4 Å². The molecule has 2 aromatic rings. The molecule has 2 amide bonds. The van der Waals surface area contributed by atoms with E-state index in [-0.39, 0.29) is 17.7 Å². The summed E-state index contributed by atoms with van der Waals surface area (Å²) in [6.07, 6.45) is 5.19. The summed E-state index contributed by atoms with van der Waals surface area (Å²) in [5.74, 6) is -1.16. The Kier molecular flexibility index (Phi) is 7.84. The van der Waals surface area contributed by atoms with Crippen LogP contribution in [-0.2, 0) is 14.4 Å². The molecule has 0 atom stereocenters. The monoisotopic (exact) mass is 495 g/mol. The zero-order valence-electron chi connectivity index (χ0n) is 19.8. The van der Waals surface area contributed by atoms with Crippen LogP contribution in [0.3, 0.4) is 0 Å². The summed E-state index contributed by atoms with van der Waals surface area (Å²) in [7, 11) is 0. The Morgan fingerprint density at radius 2 is 1.47 bits per heavy atom. The number of rotatable bonds is 6. The molecule has 3 saturated heterocycles. The third-order valence-corrected chi connectivity index (χ3v) is 6.49. The average Bonchev–Trinajstić information content (AvgIpc) is 3.67. The van der Waals surface area contributed by atoms with Gasteiger partial charge in [-0.15, -0.1) is 0 Å². The number of furan rings is 1. The number of hydrogen-bond acceptors (Lipinski definition) is 6. The number of benzene rings is 1. The summed E-state index contributed by atoms with van der Waals surface area (Å²) in [4.78, 5) is 48.4. The Bertz CT molecular complexity index is 1130. The number of carboxylic acid groups (broad SMARTS) is 2. The van der Waals surface area contributed by atoms with Gasteiger partial charge in [-0.2, -0.15) is 0 Å². The number of amides is 2. The highest BCUT2D eigenvalue weighted by Gasteiger charge is 2.33. The first-order chi connectivity index (χ1) is 17.3. The molecule has 4 fully saturated rings. The molecule has 3 aliphatic heterocycles. The summed E-state index contributed by atoms with van der Waals surface area (Å²) < 4.78 is 5.91. The molecule has 0 unspecified atom stereocenters. The van der Waals surface area contributed by atoms with Crippen molar-refractivity contribution in [2.24, 2.45) is 5.92 Å². The van der Waals surface area contributed by atoms with E-state index in [1.807, 2.05) is 35.2 Å². The summed E-state index contributed by atoms with van der Waals surface area (Å²) in [5.41, 5.74) is 1.69. The largest absolute Gasteiger partial charge is 0.478 e. The van der Waals surface area contributed by atoms with Crippen molar-refractivity contribution in [1.82, 2.24) is 9.80 Å². The van der Waals surface area contributed by atoms with Crippen LogP contribution in [0.15, 0.2) is 53.0 Å². The van der Waals surface area contributed by atoms with Gasteiger partial charge in [-0.3, -0.25) is 9.59 Å². The van der Waals surface area contributed by atoms with Gasteiger partial charge in [0.1, 0.15) is 5.76 Å². The Labute approximate surface area is 208 Å². The zero-order valence-corrected chi connectivity index (χ0v) is 19.8. The van der Waals surface area contributed by atoms with Gasteiger partial charge in [0.05, 0.1) is 0 Å². The molecule has 10 nitrogen and oxygen atoms in total. The van der Waals surface area contributed by atoms with Crippen LogP contribution < -0.4 is 5.32 Å². The van der Waals surface area contributed by atoms with E-state index in [0.717, 1.165) is 63.1 Å². The number of fused-ring (bicyclic) bond motifs is 4. The lowest BCUT2D eigenvalue weighted by Crippen LogP contribution is -2.41. The molecule has 2 bridgehead atoms. The molecule has 4 aliphatic rings. The Morgan fingerprint density at radius 1 is 0.833 bits per heavy atom. The molecule has 1 aliphatic carbocycles. The molecule has 6 rings (SSSR count). The topological polar surface area (TPSA) is 140 Å². The van der Waals surface area contributed by atoms with Crippen molar-refractivity contribution in [3.05, 3.63) is 54.3 Å². The lowest BCUT2D eigenvalue weighted by molar-refractivity contribution is -0.134. The van der Waals surface area contributed by atoms with Crippen LogP contribution >= 0.6 is 0 Å². The van der Waals surface area contributed by atoms with E-state index in [9.17, 15) is 19.2 Å². The van der Waals surface area contributed by atoms with Crippen molar-refractivity contribution in [2.45, 2.75) is 31.7 Å². The molecular weight excluding hydrogens is 466 g/mol. The van der Waals surface area contributed by atoms with Crippen LogP contribution in [0.2, 0.25) is 0 Å². The lowest BCUT2D eigenvalue weighted by Gasteiger charge is -2.30. The molecule has 36 heavy (non-hydrogen) atoms. The number of carbonyl (C=O) groups is 4. The maximum Gasteiger partial charge on any atom is 0.328 e. The van der Waals surface area contributed by atoms with Gasteiger partial charge in [0.2, 0.25) is 5.91 Å². The predicted octanol–water partition coefficient (Wildman–Crippen LogP) is 2.93. The highest BCUT2D eigenvalue weighted by atomic mass is 16.4. The first-order valence-corrected chi connectivity index (χ1v) is 12.0. The Hall–Kier alpha value is -3.92. The number of nitrogens with one attached hydrogen (secondary N) is 1. The zero-order chi connectivity index (χ0) is 25.7. The van der Waals surface area contributed by atoms with Crippen LogP contribution in [0.5, 0.6) is 0 Å². The molecule has 0 radical (unpaired) electrons. The van der Waals surface area contributed by atoms with Crippen molar-refractivity contribution in [1.29, 1.82) is 0 Å². The first kappa shape index (κ1) is 25.2. The SMILES string of the molecule is O=C(Nc1ccc(-c2ccc(C(=O)N3CCN4CCC3CC4)o2)cc1)C1CC1.O=C(O)/C=C/C(=O)O. The third-order valence-electron chi connectivity index (χ3n) is 6.49. The standard InChI is InChI=1S/C22H25N3O3.C4H4O4/c26-21(16-1-2-16)23-17-5-3-15(4-6-17)19-7-8-20(28-19)22(27)25-14-13-24-11-9-18(25)10-12-24;5-3(6)1-2-4(7)8/h3-8,16,18H,1-2,9-14H2,(H,23,26);1-2H,(H,5,6)(H,7,8)/b;2-1+. The average molecular weight is 496 g/mol. The maximum absolute atomic E-state index is 13.0. The molecular formula is C26H29N3O7. The van der Waals surface area contributed by atoms with Gasteiger partial charge in [0, 0.05) is 61.5 Å². The minimum Gasteiger partial charge on any atom is -0.478 e. The van der Waals surface area contributed by atoms with E-state index in [2.05, 4.69) is 10.2 Å². The number of piperidine rings is 1. The van der Waals surface area contributed by atoms with Gasteiger partial charge in [-0.1, -0.05) is 0 Å². The summed E-state index contributed by atoms with van der Waals surface area (Å²) in [6, 6.07) is 11.5. The van der Waals surface area contributed by atoms with Crippen LogP contribution in [0.25, 0.3) is 11.3 Å². The number of carbonyl (C=O) groups excluding carboxylic acids is 2. The van der Waals surface area contributed by atoms with Gasteiger partial charge in [0.25, 0.3) is 5.91 Å². The van der Waals surface area contributed by atoms with E-state index < -0.39 is 11.9 Å². The fourth-order valence-corrected chi connectivity index (χ4v) is 4.35. The summed E-state index contributed by atoms with van der Waals surface area (Å²) >= 11 is 0. The molecule has 1 saturated carbocycles. The number of nitrogens with zero attached hydrogens (tertiary/aromatic N) is 2. The van der Waals surface area contributed by atoms with Gasteiger partial charge in [-0.25, -0.2) is 9.59 Å². The summed E-state index contributed by atoms with van der Waals surface area (Å²) in [6.45, 7) is 3.89. The van der Waals surface area contributed by atoms with Crippen LogP contribution in [0, 0.1) is 5.92 Å². The highest BCUT2D eigenvalue weighted by Crippen LogP contribution is 2.31. The van der Waals surface area contributed by atoms with E-state index in [1.165, 1.54) is 0 Å². The van der Waals surface area contributed by atoms with Crippen LogP contribution in [-0.4, -0.2) is 76.0 Å². The number of carboxylic acids is 2. The second-order valence-electron chi connectivity index (χ2n) is 9.09. The van der Waals surface area contributed by atoms with Crippen molar-refractivity contribution < 1.29 is 33.8 Å². The minimum absolute atomic E-state index is 0.00619. The maximum atomic E-state index is 13.0. The van der Waals surface area contributed by atoms with E-state index >= 15 is 0 Å². The fourth-order valence-electron chi connectivity index (χ4n) is 4.35. The fraction of sp³-hybridized carbons (Fsp3) is 0.385. The van der Waals surface area contributed by atoms with Crippen molar-refractivity contribution in [3.8, 4) is 11.3 Å². The number of anilines is 1. The van der Waals surface area contributed by atoms with Crippen LogP contribution in [0.4, 0.5) is 5.69 Å². The van der Waals surface area contributed by atoms with Gasteiger partial charge < -0.3 is 29.7 Å². The molecule has 1 aromatic carbocycles. The van der Waals surface area contributed by atoms with E-state index in [1.54, 1.807) is 6.07 Å². The predicted molar refractivity (Wildman–Crippen MR) is 130 cm³/mol. The normalized spacial score (nSPS) is 20.8. The van der Waals surface area contributed by atoms with Crippen LogP contribution in [0.1, 0.15) is 36.2 Å². The first-order valence-electron chi connectivity index (χ1n) is 12.0. The van der Waals surface area contributed by atoms with E-state index in [0.29, 0.717) is 29.7 Å². The quantitative estimate of drug-likeness (QED) is 0.520. The van der Waals surface area contributed by atoms with Crippen molar-refractivity contribution in [3.63, 3.8) is 0 Å². The molecule has 190 valence electrons. The van der Waals surface area contributed by atoms with E-state index in [4.69, 9.17) is 14.6 Å². The molecule has 4 heterocycles. The number of hydrogen-bond donors (Lipinski definition) is 3. The molecule has 0 spiro atoms.